The van der Waals surface area contributed by atoms with Crippen molar-refractivity contribution in [3.8, 4) is 0 Å². The van der Waals surface area contributed by atoms with E-state index in [9.17, 15) is 0 Å². The Morgan fingerprint density at radius 1 is 1.20 bits per heavy atom. The van der Waals surface area contributed by atoms with Crippen molar-refractivity contribution in [1.82, 2.24) is 4.90 Å². The van der Waals surface area contributed by atoms with Gasteiger partial charge in [0.1, 0.15) is 0 Å². The second-order valence-electron chi connectivity index (χ2n) is 3.49. The molecular formula is C9H21N. The molecule has 0 aromatic rings. The van der Waals surface area contributed by atoms with Gasteiger partial charge in [0.25, 0.3) is 0 Å². The van der Waals surface area contributed by atoms with Crippen molar-refractivity contribution in [3.63, 3.8) is 0 Å². The summed E-state index contributed by atoms with van der Waals surface area (Å²) in [6.45, 7) is 6.84. The maximum absolute atomic E-state index is 2.33. The van der Waals surface area contributed by atoms with Crippen LogP contribution in [-0.2, 0) is 0 Å². The predicted octanol–water partition coefficient (Wildman–Crippen LogP) is 2.52. The highest BCUT2D eigenvalue weighted by atomic mass is 15.1. The Hall–Kier alpha value is -0.0400. The van der Waals surface area contributed by atoms with Crippen molar-refractivity contribution in [2.75, 3.05) is 14.1 Å². The molecule has 0 fully saturated rings. The molecule has 0 rings (SSSR count). The zero-order valence-corrected chi connectivity index (χ0v) is 8.07. The molecule has 0 amide bonds. The van der Waals surface area contributed by atoms with E-state index in [0.29, 0.717) is 5.54 Å². The molecule has 1 nitrogen and oxygen atoms in total. The van der Waals surface area contributed by atoms with Crippen molar-refractivity contribution in [3.05, 3.63) is 0 Å². The van der Waals surface area contributed by atoms with Gasteiger partial charge < -0.3 is 4.90 Å². The van der Waals surface area contributed by atoms with Crippen LogP contribution < -0.4 is 0 Å². The summed E-state index contributed by atoms with van der Waals surface area (Å²) in [6, 6.07) is 0. The van der Waals surface area contributed by atoms with E-state index in [1.54, 1.807) is 0 Å². The van der Waals surface area contributed by atoms with Crippen LogP contribution in [0.3, 0.4) is 0 Å². The second kappa shape index (κ2) is 3.97. The molecular weight excluding hydrogens is 122 g/mol. The largest absolute Gasteiger partial charge is 0.304 e. The van der Waals surface area contributed by atoms with E-state index in [0.717, 1.165) is 0 Å². The first-order valence-corrected chi connectivity index (χ1v) is 4.24. The van der Waals surface area contributed by atoms with Gasteiger partial charge in [-0.3, -0.25) is 0 Å². The summed E-state index contributed by atoms with van der Waals surface area (Å²) in [7, 11) is 4.33. The Morgan fingerprint density at radius 2 is 1.70 bits per heavy atom. The lowest BCUT2D eigenvalue weighted by atomic mass is 9.92. The molecule has 0 radical (unpaired) electrons. The molecule has 0 aliphatic rings. The van der Waals surface area contributed by atoms with Gasteiger partial charge in [-0.1, -0.05) is 20.3 Å². The maximum atomic E-state index is 2.33. The van der Waals surface area contributed by atoms with Gasteiger partial charge in [-0.2, -0.15) is 0 Å². The highest BCUT2D eigenvalue weighted by Gasteiger charge is 2.22. The Balaban J connectivity index is 3.94. The first-order valence-electron chi connectivity index (χ1n) is 4.24. The minimum Gasteiger partial charge on any atom is -0.304 e. The van der Waals surface area contributed by atoms with Crippen molar-refractivity contribution in [2.24, 2.45) is 0 Å². The van der Waals surface area contributed by atoms with Gasteiger partial charge in [-0.25, -0.2) is 0 Å². The summed E-state index contributed by atoms with van der Waals surface area (Å²) in [4.78, 5) is 2.33. The SMILES string of the molecule is CCCC(C)(CC)N(C)C. The lowest BCUT2D eigenvalue weighted by molar-refractivity contribution is 0.153. The molecule has 0 saturated heterocycles. The standard InChI is InChI=1S/C9H21N/c1-6-8-9(3,7-2)10(4)5/h6-8H2,1-5H3. The van der Waals surface area contributed by atoms with Crippen LogP contribution in [0.15, 0.2) is 0 Å². The fraction of sp³-hybridized carbons (Fsp3) is 1.00. The Morgan fingerprint density at radius 3 is 1.80 bits per heavy atom. The van der Waals surface area contributed by atoms with Gasteiger partial charge in [0.15, 0.2) is 0 Å². The van der Waals surface area contributed by atoms with Crippen molar-refractivity contribution >= 4 is 0 Å². The number of hydrogen-bond acceptors (Lipinski definition) is 1. The highest BCUT2D eigenvalue weighted by Crippen LogP contribution is 2.21. The second-order valence-corrected chi connectivity index (χ2v) is 3.49. The van der Waals surface area contributed by atoms with Gasteiger partial charge in [0.05, 0.1) is 0 Å². The number of rotatable bonds is 4. The quantitative estimate of drug-likeness (QED) is 0.584. The van der Waals surface area contributed by atoms with Gasteiger partial charge in [0, 0.05) is 5.54 Å². The van der Waals surface area contributed by atoms with E-state index >= 15 is 0 Å². The van der Waals surface area contributed by atoms with Gasteiger partial charge in [0.2, 0.25) is 0 Å². The summed E-state index contributed by atoms with van der Waals surface area (Å²) in [5, 5.41) is 0. The lowest BCUT2D eigenvalue weighted by Gasteiger charge is -2.35. The summed E-state index contributed by atoms with van der Waals surface area (Å²) < 4.78 is 0. The van der Waals surface area contributed by atoms with E-state index in [-0.39, 0.29) is 0 Å². The summed E-state index contributed by atoms with van der Waals surface area (Å²) in [5.74, 6) is 0. The molecule has 10 heavy (non-hydrogen) atoms. The van der Waals surface area contributed by atoms with Crippen molar-refractivity contribution in [2.45, 2.75) is 45.6 Å². The molecule has 0 N–H and O–H groups in total. The highest BCUT2D eigenvalue weighted by molar-refractivity contribution is 4.79. The van der Waals surface area contributed by atoms with Crippen LogP contribution in [0.1, 0.15) is 40.0 Å². The smallest absolute Gasteiger partial charge is 0.0172 e. The third kappa shape index (κ3) is 2.30. The normalized spacial score (nSPS) is 17.4. The number of nitrogens with zero attached hydrogens (tertiary/aromatic N) is 1. The monoisotopic (exact) mass is 143 g/mol. The van der Waals surface area contributed by atoms with Crippen LogP contribution in [0, 0.1) is 0 Å². The van der Waals surface area contributed by atoms with Gasteiger partial charge >= 0.3 is 0 Å². The fourth-order valence-electron chi connectivity index (χ4n) is 1.26. The summed E-state index contributed by atoms with van der Waals surface area (Å²) in [5.41, 5.74) is 0.425. The summed E-state index contributed by atoms with van der Waals surface area (Å²) in [6.07, 6.45) is 3.83. The zero-order chi connectivity index (χ0) is 8.20. The Bertz CT molecular complexity index is 88.7. The van der Waals surface area contributed by atoms with E-state index in [1.807, 2.05) is 0 Å². The third-order valence-corrected chi connectivity index (χ3v) is 2.63. The first kappa shape index (κ1) is 9.96. The molecule has 0 saturated carbocycles. The maximum Gasteiger partial charge on any atom is 0.0172 e. The average Bonchev–Trinajstić information content (AvgIpc) is 1.88. The van der Waals surface area contributed by atoms with Crippen LogP contribution in [0.25, 0.3) is 0 Å². The van der Waals surface area contributed by atoms with E-state index in [4.69, 9.17) is 0 Å². The molecule has 0 bridgehead atoms. The fourth-order valence-corrected chi connectivity index (χ4v) is 1.26. The molecule has 62 valence electrons. The van der Waals surface area contributed by atoms with E-state index in [1.165, 1.54) is 19.3 Å². The van der Waals surface area contributed by atoms with Crippen LogP contribution in [0.4, 0.5) is 0 Å². The minimum atomic E-state index is 0.425. The predicted molar refractivity (Wildman–Crippen MR) is 47.3 cm³/mol. The molecule has 0 aliphatic heterocycles. The molecule has 0 aliphatic carbocycles. The molecule has 0 spiro atoms. The number of hydrogen-bond donors (Lipinski definition) is 0. The third-order valence-electron chi connectivity index (χ3n) is 2.63. The first-order chi connectivity index (χ1) is 4.56. The topological polar surface area (TPSA) is 3.24 Å². The average molecular weight is 143 g/mol. The minimum absolute atomic E-state index is 0.425. The Labute approximate surface area is 65.4 Å². The van der Waals surface area contributed by atoms with E-state index in [2.05, 4.69) is 39.8 Å². The molecule has 1 atom stereocenters. The summed E-state index contributed by atoms with van der Waals surface area (Å²) >= 11 is 0. The molecule has 0 aromatic carbocycles. The molecule has 0 aromatic heterocycles. The van der Waals surface area contributed by atoms with Crippen LogP contribution in [0.5, 0.6) is 0 Å². The zero-order valence-electron chi connectivity index (χ0n) is 8.07. The molecule has 1 unspecified atom stereocenters. The van der Waals surface area contributed by atoms with Gasteiger partial charge in [-0.15, -0.1) is 0 Å². The van der Waals surface area contributed by atoms with Crippen LogP contribution in [-0.4, -0.2) is 24.5 Å². The van der Waals surface area contributed by atoms with Crippen molar-refractivity contribution < 1.29 is 0 Å². The van der Waals surface area contributed by atoms with Crippen LogP contribution in [0.2, 0.25) is 0 Å². The van der Waals surface area contributed by atoms with Crippen LogP contribution >= 0.6 is 0 Å². The lowest BCUT2D eigenvalue weighted by Crippen LogP contribution is -2.40. The van der Waals surface area contributed by atoms with Gasteiger partial charge in [-0.05, 0) is 33.9 Å². The molecule has 1 heteroatoms. The molecule has 0 heterocycles. The Kier molecular flexibility index (Phi) is 3.95. The van der Waals surface area contributed by atoms with E-state index < -0.39 is 0 Å². The van der Waals surface area contributed by atoms with Crippen molar-refractivity contribution in [1.29, 1.82) is 0 Å².